The number of carbonyl (C=O) groups is 2. The van der Waals surface area contributed by atoms with Crippen molar-refractivity contribution in [2.45, 2.75) is 39.7 Å². The van der Waals surface area contributed by atoms with Crippen LogP contribution in [0, 0.1) is 20.8 Å². The Balaban J connectivity index is 1.70. The summed E-state index contributed by atoms with van der Waals surface area (Å²) in [5, 5.41) is 3.01. The molecule has 1 amide bonds. The van der Waals surface area contributed by atoms with Crippen LogP contribution in [0.15, 0.2) is 16.5 Å². The summed E-state index contributed by atoms with van der Waals surface area (Å²) in [5.41, 5.74) is 1.97. The van der Waals surface area contributed by atoms with E-state index >= 15 is 0 Å². The standard InChI is InChI=1S/C22H31N3O5/c1-14-7-8-18(30-14)17(25-9-5-6-10-25)13-23-21(26)20-15(2)19(16(3)24-20)22(27)29-12-11-28-4/h7-8,17,24H,5-6,9-13H2,1-4H3,(H,23,26). The maximum atomic E-state index is 12.9. The molecule has 164 valence electrons. The Hall–Kier alpha value is -2.58. The van der Waals surface area contributed by atoms with Gasteiger partial charge in [0.25, 0.3) is 5.91 Å². The first-order valence-corrected chi connectivity index (χ1v) is 10.4. The number of methoxy groups -OCH3 is 1. The van der Waals surface area contributed by atoms with Gasteiger partial charge in [-0.05, 0) is 64.4 Å². The van der Waals surface area contributed by atoms with Gasteiger partial charge < -0.3 is 24.2 Å². The van der Waals surface area contributed by atoms with Gasteiger partial charge in [-0.15, -0.1) is 0 Å². The Morgan fingerprint density at radius 1 is 1.20 bits per heavy atom. The number of hydrogen-bond donors (Lipinski definition) is 2. The van der Waals surface area contributed by atoms with E-state index in [2.05, 4.69) is 15.2 Å². The molecule has 0 saturated carbocycles. The fourth-order valence-corrected chi connectivity index (χ4v) is 3.95. The number of carbonyl (C=O) groups excluding carboxylic acids is 2. The molecule has 8 nitrogen and oxygen atoms in total. The second-order valence-corrected chi connectivity index (χ2v) is 7.67. The number of esters is 1. The van der Waals surface area contributed by atoms with E-state index in [1.54, 1.807) is 21.0 Å². The van der Waals surface area contributed by atoms with E-state index in [0.29, 0.717) is 35.7 Å². The quantitative estimate of drug-likeness (QED) is 0.481. The second-order valence-electron chi connectivity index (χ2n) is 7.67. The molecular weight excluding hydrogens is 386 g/mol. The third-order valence-corrected chi connectivity index (χ3v) is 5.52. The molecule has 1 saturated heterocycles. The van der Waals surface area contributed by atoms with E-state index in [0.717, 1.165) is 37.5 Å². The summed E-state index contributed by atoms with van der Waals surface area (Å²) in [6, 6.07) is 3.91. The Labute approximate surface area is 176 Å². The van der Waals surface area contributed by atoms with Gasteiger partial charge in [-0.25, -0.2) is 4.79 Å². The molecule has 1 aliphatic heterocycles. The molecule has 1 fully saturated rings. The highest BCUT2D eigenvalue weighted by Gasteiger charge is 2.28. The SMILES string of the molecule is COCCOC(=O)c1c(C)[nH]c(C(=O)NCC(c2ccc(C)o2)N2CCCC2)c1C. The van der Waals surface area contributed by atoms with Crippen LogP contribution in [-0.4, -0.2) is 61.7 Å². The molecule has 1 unspecified atom stereocenters. The van der Waals surface area contributed by atoms with Crippen LogP contribution in [0.4, 0.5) is 0 Å². The zero-order chi connectivity index (χ0) is 21.7. The number of ether oxygens (including phenoxy) is 2. The smallest absolute Gasteiger partial charge is 0.340 e. The minimum absolute atomic E-state index is 0.0139. The molecule has 1 aliphatic rings. The number of hydrogen-bond acceptors (Lipinski definition) is 6. The lowest BCUT2D eigenvalue weighted by Gasteiger charge is -2.26. The van der Waals surface area contributed by atoms with Gasteiger partial charge in [-0.3, -0.25) is 9.69 Å². The predicted molar refractivity (Wildman–Crippen MR) is 112 cm³/mol. The summed E-state index contributed by atoms with van der Waals surface area (Å²) < 4.78 is 16.0. The molecule has 0 bridgehead atoms. The van der Waals surface area contributed by atoms with Crippen LogP contribution in [0.3, 0.4) is 0 Å². The largest absolute Gasteiger partial charge is 0.465 e. The molecule has 1 atom stereocenters. The minimum atomic E-state index is -0.460. The molecule has 0 aromatic carbocycles. The highest BCUT2D eigenvalue weighted by atomic mass is 16.6. The summed E-state index contributed by atoms with van der Waals surface area (Å²) in [4.78, 5) is 30.7. The van der Waals surface area contributed by atoms with Crippen LogP contribution in [0.1, 0.15) is 62.5 Å². The molecule has 0 radical (unpaired) electrons. The first-order valence-electron chi connectivity index (χ1n) is 10.4. The topological polar surface area (TPSA) is 96.8 Å². The number of H-pyrrole nitrogens is 1. The maximum Gasteiger partial charge on any atom is 0.340 e. The van der Waals surface area contributed by atoms with Gasteiger partial charge in [-0.1, -0.05) is 0 Å². The number of aromatic amines is 1. The number of nitrogens with zero attached hydrogens (tertiary/aromatic N) is 1. The Morgan fingerprint density at radius 3 is 2.57 bits per heavy atom. The monoisotopic (exact) mass is 417 g/mol. The molecule has 2 aromatic heterocycles. The summed E-state index contributed by atoms with van der Waals surface area (Å²) in [6.45, 7) is 8.32. The predicted octanol–water partition coefficient (Wildman–Crippen LogP) is 2.90. The molecule has 30 heavy (non-hydrogen) atoms. The summed E-state index contributed by atoms with van der Waals surface area (Å²) in [5.74, 6) is 1.00. The van der Waals surface area contributed by atoms with Crippen molar-refractivity contribution in [3.63, 3.8) is 0 Å². The second kappa shape index (κ2) is 9.95. The molecule has 8 heteroatoms. The molecule has 0 aliphatic carbocycles. The van der Waals surface area contributed by atoms with Crippen molar-refractivity contribution in [1.29, 1.82) is 0 Å². The third-order valence-electron chi connectivity index (χ3n) is 5.52. The highest BCUT2D eigenvalue weighted by Crippen LogP contribution is 2.26. The molecule has 3 heterocycles. The van der Waals surface area contributed by atoms with Crippen molar-refractivity contribution in [2.24, 2.45) is 0 Å². The Bertz CT molecular complexity index is 879. The molecule has 2 N–H and O–H groups in total. The Morgan fingerprint density at radius 2 is 1.93 bits per heavy atom. The lowest BCUT2D eigenvalue weighted by Crippen LogP contribution is -2.37. The van der Waals surface area contributed by atoms with E-state index < -0.39 is 5.97 Å². The number of likely N-dealkylation sites (tertiary alicyclic amines) is 1. The lowest BCUT2D eigenvalue weighted by molar-refractivity contribution is 0.0387. The van der Waals surface area contributed by atoms with Gasteiger partial charge in [-0.2, -0.15) is 0 Å². The molecule has 2 aromatic rings. The lowest BCUT2D eigenvalue weighted by atomic mass is 10.1. The number of furan rings is 1. The number of aryl methyl sites for hydroxylation is 2. The number of rotatable bonds is 9. The van der Waals surface area contributed by atoms with Crippen molar-refractivity contribution >= 4 is 11.9 Å². The van der Waals surface area contributed by atoms with Crippen LogP contribution in [-0.2, 0) is 9.47 Å². The van der Waals surface area contributed by atoms with E-state index in [4.69, 9.17) is 13.9 Å². The van der Waals surface area contributed by atoms with Crippen molar-refractivity contribution in [3.8, 4) is 0 Å². The van der Waals surface area contributed by atoms with Gasteiger partial charge >= 0.3 is 5.97 Å². The molecular formula is C22H31N3O5. The van der Waals surface area contributed by atoms with Crippen molar-refractivity contribution in [2.75, 3.05) is 40.0 Å². The summed E-state index contributed by atoms with van der Waals surface area (Å²) >= 11 is 0. The first kappa shape index (κ1) is 22.1. The van der Waals surface area contributed by atoms with Crippen LogP contribution in [0.2, 0.25) is 0 Å². The van der Waals surface area contributed by atoms with Gasteiger partial charge in [0.05, 0.1) is 18.2 Å². The zero-order valence-corrected chi connectivity index (χ0v) is 18.2. The molecule has 3 rings (SSSR count). The fraction of sp³-hybridized carbons (Fsp3) is 0.545. The van der Waals surface area contributed by atoms with E-state index in [1.165, 1.54) is 0 Å². The average Bonchev–Trinajstić information content (AvgIpc) is 3.44. The minimum Gasteiger partial charge on any atom is -0.465 e. The van der Waals surface area contributed by atoms with Crippen LogP contribution >= 0.6 is 0 Å². The normalized spacial score (nSPS) is 15.3. The van der Waals surface area contributed by atoms with Crippen LogP contribution in [0.5, 0.6) is 0 Å². The van der Waals surface area contributed by atoms with Gasteiger partial charge in [0.15, 0.2) is 0 Å². The van der Waals surface area contributed by atoms with E-state index in [-0.39, 0.29) is 18.6 Å². The first-order chi connectivity index (χ1) is 14.4. The van der Waals surface area contributed by atoms with Crippen LogP contribution < -0.4 is 5.32 Å². The van der Waals surface area contributed by atoms with E-state index in [1.807, 2.05) is 19.1 Å². The zero-order valence-electron chi connectivity index (χ0n) is 18.2. The summed E-state index contributed by atoms with van der Waals surface area (Å²) in [7, 11) is 1.54. The van der Waals surface area contributed by atoms with Crippen molar-refractivity contribution < 1.29 is 23.5 Å². The number of nitrogens with one attached hydrogen (secondary N) is 2. The fourth-order valence-electron chi connectivity index (χ4n) is 3.95. The van der Waals surface area contributed by atoms with Gasteiger partial charge in [0.1, 0.15) is 23.8 Å². The number of aromatic nitrogens is 1. The van der Waals surface area contributed by atoms with Crippen LogP contribution in [0.25, 0.3) is 0 Å². The Kier molecular flexibility index (Phi) is 7.33. The van der Waals surface area contributed by atoms with Crippen molar-refractivity contribution in [1.82, 2.24) is 15.2 Å². The van der Waals surface area contributed by atoms with Crippen molar-refractivity contribution in [3.05, 3.63) is 46.2 Å². The average molecular weight is 418 g/mol. The summed E-state index contributed by atoms with van der Waals surface area (Å²) in [6.07, 6.45) is 2.29. The third kappa shape index (κ3) is 4.94. The van der Waals surface area contributed by atoms with Gasteiger partial charge in [0.2, 0.25) is 0 Å². The maximum absolute atomic E-state index is 12.9. The van der Waals surface area contributed by atoms with Gasteiger partial charge in [0, 0.05) is 19.3 Å². The number of amides is 1. The molecule has 0 spiro atoms. The van der Waals surface area contributed by atoms with E-state index in [9.17, 15) is 9.59 Å². The highest BCUT2D eigenvalue weighted by molar-refractivity contribution is 6.00.